The predicted molar refractivity (Wildman–Crippen MR) is 83.1 cm³/mol. The van der Waals surface area contributed by atoms with Crippen molar-refractivity contribution in [1.29, 1.82) is 0 Å². The molecule has 0 aromatic heterocycles. The summed E-state index contributed by atoms with van der Waals surface area (Å²) < 4.78 is 5.40. The number of carboxylic acids is 1. The molecule has 0 saturated heterocycles. The third kappa shape index (κ3) is 3.54. The molecule has 0 aliphatic heterocycles. The van der Waals surface area contributed by atoms with Crippen LogP contribution in [-0.2, 0) is 0 Å². The van der Waals surface area contributed by atoms with Crippen molar-refractivity contribution in [2.24, 2.45) is 0 Å². The van der Waals surface area contributed by atoms with Gasteiger partial charge in [0.2, 0.25) is 0 Å². The zero-order valence-corrected chi connectivity index (χ0v) is 12.2. The number of para-hydroxylation sites is 1. The summed E-state index contributed by atoms with van der Waals surface area (Å²) in [6, 6.07) is 14.8. The number of benzene rings is 2. The highest BCUT2D eigenvalue weighted by molar-refractivity contribution is 5.88. The first-order valence-corrected chi connectivity index (χ1v) is 6.88. The molecule has 1 atom stereocenters. The lowest BCUT2D eigenvalue weighted by Gasteiger charge is -2.21. The fraction of sp³-hybridized carbons (Fsp3) is 0.235. The van der Waals surface area contributed by atoms with Crippen LogP contribution in [0.5, 0.6) is 5.75 Å². The first-order chi connectivity index (χ1) is 10.2. The summed E-state index contributed by atoms with van der Waals surface area (Å²) in [6.07, 6.45) is 0.890. The molecule has 2 N–H and O–H groups in total. The number of hydrogen-bond donors (Lipinski definition) is 2. The summed E-state index contributed by atoms with van der Waals surface area (Å²) in [5.41, 5.74) is 2.26. The Morgan fingerprint density at radius 1 is 1.19 bits per heavy atom. The number of anilines is 1. The second-order valence-electron chi connectivity index (χ2n) is 4.73. The number of methoxy groups -OCH3 is 1. The largest absolute Gasteiger partial charge is 0.496 e. The van der Waals surface area contributed by atoms with Crippen molar-refractivity contribution in [1.82, 2.24) is 0 Å². The number of nitrogens with one attached hydrogen (secondary N) is 1. The summed E-state index contributed by atoms with van der Waals surface area (Å²) in [7, 11) is 1.66. The summed E-state index contributed by atoms with van der Waals surface area (Å²) in [4.78, 5) is 10.9. The highest BCUT2D eigenvalue weighted by Gasteiger charge is 2.14. The van der Waals surface area contributed by atoms with Crippen molar-refractivity contribution >= 4 is 11.7 Å². The lowest BCUT2D eigenvalue weighted by molar-refractivity contribution is 0.0697. The van der Waals surface area contributed by atoms with Crippen LogP contribution in [0.3, 0.4) is 0 Å². The smallest absolute Gasteiger partial charge is 0.335 e. The Morgan fingerprint density at radius 3 is 2.43 bits per heavy atom. The van der Waals surface area contributed by atoms with Gasteiger partial charge in [-0.05, 0) is 36.8 Å². The van der Waals surface area contributed by atoms with E-state index in [0.717, 1.165) is 23.4 Å². The molecule has 110 valence electrons. The molecule has 0 saturated carbocycles. The summed E-state index contributed by atoms with van der Waals surface area (Å²) in [6.45, 7) is 2.09. The second-order valence-corrected chi connectivity index (χ2v) is 4.73. The van der Waals surface area contributed by atoms with E-state index in [2.05, 4.69) is 12.2 Å². The average Bonchev–Trinajstić information content (AvgIpc) is 2.53. The maximum Gasteiger partial charge on any atom is 0.335 e. The molecule has 2 aromatic rings. The van der Waals surface area contributed by atoms with Gasteiger partial charge in [-0.15, -0.1) is 0 Å². The van der Waals surface area contributed by atoms with E-state index in [-0.39, 0.29) is 11.6 Å². The SMILES string of the molecule is CCC(Nc1ccc(C(=O)O)cc1)c1ccccc1OC. The number of ether oxygens (including phenoxy) is 1. The summed E-state index contributed by atoms with van der Waals surface area (Å²) in [5, 5.41) is 12.3. The number of carbonyl (C=O) groups is 1. The van der Waals surface area contributed by atoms with E-state index in [1.165, 1.54) is 0 Å². The van der Waals surface area contributed by atoms with E-state index in [0.29, 0.717) is 0 Å². The molecule has 2 rings (SSSR count). The molecular formula is C17H19NO3. The number of hydrogen-bond acceptors (Lipinski definition) is 3. The van der Waals surface area contributed by atoms with E-state index in [9.17, 15) is 4.79 Å². The molecule has 0 heterocycles. The minimum absolute atomic E-state index is 0.108. The minimum atomic E-state index is -0.918. The summed E-state index contributed by atoms with van der Waals surface area (Å²) in [5.74, 6) is -0.0719. The third-order valence-electron chi connectivity index (χ3n) is 3.40. The lowest BCUT2D eigenvalue weighted by Crippen LogP contribution is -2.11. The van der Waals surface area contributed by atoms with Gasteiger partial charge in [0.15, 0.2) is 0 Å². The van der Waals surface area contributed by atoms with E-state index < -0.39 is 5.97 Å². The third-order valence-corrected chi connectivity index (χ3v) is 3.40. The Bertz CT molecular complexity index is 608. The molecule has 0 aliphatic rings. The van der Waals surface area contributed by atoms with Crippen LogP contribution in [-0.4, -0.2) is 18.2 Å². The van der Waals surface area contributed by atoms with Crippen molar-refractivity contribution in [3.63, 3.8) is 0 Å². The van der Waals surface area contributed by atoms with Crippen molar-refractivity contribution in [2.75, 3.05) is 12.4 Å². The van der Waals surface area contributed by atoms with Crippen molar-refractivity contribution < 1.29 is 14.6 Å². The standard InChI is InChI=1S/C17H19NO3/c1-3-15(14-6-4-5-7-16(14)21-2)18-13-10-8-12(9-11-13)17(19)20/h4-11,15,18H,3H2,1-2H3,(H,19,20). The average molecular weight is 285 g/mol. The Kier molecular flexibility index (Phi) is 4.82. The Morgan fingerprint density at radius 2 is 1.86 bits per heavy atom. The van der Waals surface area contributed by atoms with Crippen LogP contribution in [0.1, 0.15) is 35.3 Å². The molecule has 4 heteroatoms. The quantitative estimate of drug-likeness (QED) is 0.843. The van der Waals surface area contributed by atoms with Gasteiger partial charge in [-0.1, -0.05) is 25.1 Å². The summed E-state index contributed by atoms with van der Waals surface area (Å²) >= 11 is 0. The van der Waals surface area contributed by atoms with Gasteiger partial charge in [-0.25, -0.2) is 4.79 Å². The monoisotopic (exact) mass is 285 g/mol. The molecule has 21 heavy (non-hydrogen) atoms. The van der Waals surface area contributed by atoms with Crippen LogP contribution in [0.25, 0.3) is 0 Å². The highest BCUT2D eigenvalue weighted by Crippen LogP contribution is 2.29. The molecule has 4 nitrogen and oxygen atoms in total. The maximum absolute atomic E-state index is 10.9. The van der Waals surface area contributed by atoms with E-state index >= 15 is 0 Å². The Labute approximate surface area is 124 Å². The second kappa shape index (κ2) is 6.79. The Hall–Kier alpha value is -2.49. The van der Waals surface area contributed by atoms with Gasteiger partial charge >= 0.3 is 5.97 Å². The van der Waals surface area contributed by atoms with E-state index in [1.807, 2.05) is 24.3 Å². The first-order valence-electron chi connectivity index (χ1n) is 6.88. The van der Waals surface area contributed by atoms with Gasteiger partial charge in [0.25, 0.3) is 0 Å². The van der Waals surface area contributed by atoms with Gasteiger partial charge in [0.1, 0.15) is 5.75 Å². The number of rotatable bonds is 6. The van der Waals surface area contributed by atoms with Gasteiger partial charge < -0.3 is 15.2 Å². The van der Waals surface area contributed by atoms with Crippen molar-refractivity contribution in [3.8, 4) is 5.75 Å². The number of aromatic carboxylic acids is 1. The Balaban J connectivity index is 2.20. The fourth-order valence-corrected chi connectivity index (χ4v) is 2.26. The number of carboxylic acid groups (broad SMARTS) is 1. The molecule has 0 aliphatic carbocycles. The van der Waals surface area contributed by atoms with Gasteiger partial charge in [0, 0.05) is 11.3 Å². The normalized spacial score (nSPS) is 11.7. The van der Waals surface area contributed by atoms with Crippen molar-refractivity contribution in [2.45, 2.75) is 19.4 Å². The maximum atomic E-state index is 10.9. The molecule has 1 unspecified atom stereocenters. The molecular weight excluding hydrogens is 266 g/mol. The van der Waals surface area contributed by atoms with E-state index in [4.69, 9.17) is 9.84 Å². The first kappa shape index (κ1) is 14.9. The molecule has 0 amide bonds. The van der Waals surface area contributed by atoms with Crippen LogP contribution in [0.4, 0.5) is 5.69 Å². The lowest BCUT2D eigenvalue weighted by atomic mass is 10.0. The highest BCUT2D eigenvalue weighted by atomic mass is 16.5. The van der Waals surface area contributed by atoms with Gasteiger partial charge in [-0.3, -0.25) is 0 Å². The van der Waals surface area contributed by atoms with Gasteiger partial charge in [0.05, 0.1) is 18.7 Å². The molecule has 0 fully saturated rings. The molecule has 2 aromatic carbocycles. The van der Waals surface area contributed by atoms with Crippen LogP contribution >= 0.6 is 0 Å². The van der Waals surface area contributed by atoms with Crippen LogP contribution in [0.15, 0.2) is 48.5 Å². The minimum Gasteiger partial charge on any atom is -0.496 e. The van der Waals surface area contributed by atoms with E-state index in [1.54, 1.807) is 31.4 Å². The molecule has 0 bridgehead atoms. The van der Waals surface area contributed by atoms with Crippen molar-refractivity contribution in [3.05, 3.63) is 59.7 Å². The van der Waals surface area contributed by atoms with Gasteiger partial charge in [-0.2, -0.15) is 0 Å². The van der Waals surface area contributed by atoms with Crippen LogP contribution < -0.4 is 10.1 Å². The zero-order valence-electron chi connectivity index (χ0n) is 12.2. The van der Waals surface area contributed by atoms with Crippen LogP contribution in [0.2, 0.25) is 0 Å². The molecule has 0 radical (unpaired) electrons. The fourth-order valence-electron chi connectivity index (χ4n) is 2.26. The zero-order chi connectivity index (χ0) is 15.2. The predicted octanol–water partition coefficient (Wildman–Crippen LogP) is 3.96. The topological polar surface area (TPSA) is 58.6 Å². The van der Waals surface area contributed by atoms with Crippen LogP contribution in [0, 0.1) is 0 Å². The molecule has 0 spiro atoms.